The quantitative estimate of drug-likeness (QED) is 0.776. The first-order valence-electron chi connectivity index (χ1n) is 7.95. The zero-order chi connectivity index (χ0) is 13.1. The van der Waals surface area contributed by atoms with Crippen molar-refractivity contribution in [2.24, 2.45) is 5.92 Å². The number of rotatable bonds is 3. The summed E-state index contributed by atoms with van der Waals surface area (Å²) in [6.45, 7) is 5.81. The van der Waals surface area contributed by atoms with Crippen LogP contribution in [0.5, 0.6) is 0 Å². The third-order valence-electron chi connectivity index (χ3n) is 4.66. The molecule has 2 heterocycles. The van der Waals surface area contributed by atoms with E-state index in [1.54, 1.807) is 0 Å². The molecule has 0 N–H and O–H groups in total. The second-order valence-corrected chi connectivity index (χ2v) is 6.22. The lowest BCUT2D eigenvalue weighted by Crippen LogP contribution is -2.49. The van der Waals surface area contributed by atoms with Gasteiger partial charge in [0, 0.05) is 38.1 Å². The van der Waals surface area contributed by atoms with Crippen LogP contribution in [-0.2, 0) is 9.53 Å². The Balaban J connectivity index is 1.61. The smallest absolute Gasteiger partial charge is 0.225 e. The minimum absolute atomic E-state index is 0.366. The van der Waals surface area contributed by atoms with Gasteiger partial charge in [0.05, 0.1) is 13.2 Å². The van der Waals surface area contributed by atoms with E-state index in [2.05, 4.69) is 9.80 Å². The lowest BCUT2D eigenvalue weighted by molar-refractivity contribution is -0.135. The molecule has 4 heteroatoms. The number of nitrogens with zero attached hydrogens (tertiary/aromatic N) is 2. The van der Waals surface area contributed by atoms with Gasteiger partial charge in [-0.2, -0.15) is 0 Å². The van der Waals surface area contributed by atoms with Crippen molar-refractivity contribution >= 4 is 5.91 Å². The van der Waals surface area contributed by atoms with Gasteiger partial charge in [0.2, 0.25) is 5.91 Å². The number of carbonyl (C=O) groups excluding carboxylic acids is 1. The molecule has 1 amide bonds. The molecule has 0 spiro atoms. The molecule has 0 radical (unpaired) electrons. The van der Waals surface area contributed by atoms with Crippen molar-refractivity contribution in [3.05, 3.63) is 0 Å². The Kier molecular flexibility index (Phi) is 4.38. The molecule has 3 fully saturated rings. The number of likely N-dealkylation sites (tertiary alicyclic amines) is 1. The molecule has 0 bridgehead atoms. The maximum atomic E-state index is 12.4. The predicted molar refractivity (Wildman–Crippen MR) is 74.0 cm³/mol. The molecular weight excluding hydrogens is 240 g/mol. The summed E-state index contributed by atoms with van der Waals surface area (Å²) in [5.74, 6) is 0.811. The summed E-state index contributed by atoms with van der Waals surface area (Å²) in [5.41, 5.74) is 0. The zero-order valence-corrected chi connectivity index (χ0v) is 11.9. The first-order valence-corrected chi connectivity index (χ1v) is 7.95. The van der Waals surface area contributed by atoms with Crippen molar-refractivity contribution in [3.63, 3.8) is 0 Å². The Bertz CT molecular complexity index is 311. The fourth-order valence-electron chi connectivity index (χ4n) is 3.30. The highest BCUT2D eigenvalue weighted by Gasteiger charge is 2.37. The standard InChI is InChI=1S/C15H26N2O2/c18-15(13-5-6-13)17-7-3-1-2-4-14(17)12-16-8-10-19-11-9-16/h13-14H,1-12H2. The molecule has 1 saturated carbocycles. The summed E-state index contributed by atoms with van der Waals surface area (Å²) in [6, 6.07) is 0.452. The number of hydrogen-bond acceptors (Lipinski definition) is 3. The van der Waals surface area contributed by atoms with Gasteiger partial charge in [-0.15, -0.1) is 0 Å². The van der Waals surface area contributed by atoms with E-state index in [0.717, 1.165) is 52.2 Å². The first-order chi connectivity index (χ1) is 9.34. The van der Waals surface area contributed by atoms with Gasteiger partial charge in [0.15, 0.2) is 0 Å². The minimum Gasteiger partial charge on any atom is -0.379 e. The van der Waals surface area contributed by atoms with E-state index in [0.29, 0.717) is 17.9 Å². The molecule has 4 nitrogen and oxygen atoms in total. The zero-order valence-electron chi connectivity index (χ0n) is 11.9. The third-order valence-corrected chi connectivity index (χ3v) is 4.66. The summed E-state index contributed by atoms with van der Waals surface area (Å²) in [7, 11) is 0. The van der Waals surface area contributed by atoms with E-state index in [1.807, 2.05) is 0 Å². The maximum absolute atomic E-state index is 12.4. The summed E-state index contributed by atoms with van der Waals surface area (Å²) in [6.07, 6.45) is 7.20. The van der Waals surface area contributed by atoms with Crippen molar-refractivity contribution in [2.45, 2.75) is 44.6 Å². The Morgan fingerprint density at radius 3 is 2.53 bits per heavy atom. The Labute approximate surface area is 116 Å². The van der Waals surface area contributed by atoms with Gasteiger partial charge in [0.25, 0.3) is 0 Å². The van der Waals surface area contributed by atoms with E-state index in [4.69, 9.17) is 4.74 Å². The topological polar surface area (TPSA) is 32.8 Å². The van der Waals surface area contributed by atoms with Crippen LogP contribution in [0.25, 0.3) is 0 Å². The van der Waals surface area contributed by atoms with E-state index in [1.165, 1.54) is 25.7 Å². The first kappa shape index (κ1) is 13.4. The van der Waals surface area contributed by atoms with Crippen LogP contribution in [0.2, 0.25) is 0 Å². The number of carbonyl (C=O) groups is 1. The Morgan fingerprint density at radius 1 is 1.00 bits per heavy atom. The maximum Gasteiger partial charge on any atom is 0.225 e. The highest BCUT2D eigenvalue weighted by atomic mass is 16.5. The predicted octanol–water partition coefficient (Wildman–Crippen LogP) is 1.50. The second kappa shape index (κ2) is 6.23. The van der Waals surface area contributed by atoms with Crippen LogP contribution in [0.4, 0.5) is 0 Å². The molecule has 1 aliphatic carbocycles. The largest absolute Gasteiger partial charge is 0.379 e. The Hall–Kier alpha value is -0.610. The molecule has 19 heavy (non-hydrogen) atoms. The van der Waals surface area contributed by atoms with Gasteiger partial charge in [-0.1, -0.05) is 12.8 Å². The SMILES string of the molecule is O=C(C1CC1)N1CCCCCC1CN1CCOCC1. The Morgan fingerprint density at radius 2 is 1.79 bits per heavy atom. The van der Waals surface area contributed by atoms with E-state index < -0.39 is 0 Å². The van der Waals surface area contributed by atoms with Crippen LogP contribution in [0.1, 0.15) is 38.5 Å². The van der Waals surface area contributed by atoms with Gasteiger partial charge in [-0.25, -0.2) is 0 Å². The molecule has 0 aromatic heterocycles. The molecule has 2 saturated heterocycles. The average Bonchev–Trinajstić information content (AvgIpc) is 3.27. The normalized spacial score (nSPS) is 30.1. The van der Waals surface area contributed by atoms with E-state index in [-0.39, 0.29) is 0 Å². The van der Waals surface area contributed by atoms with Crippen LogP contribution < -0.4 is 0 Å². The highest BCUT2D eigenvalue weighted by Crippen LogP contribution is 2.33. The molecule has 1 unspecified atom stereocenters. The van der Waals surface area contributed by atoms with E-state index in [9.17, 15) is 4.79 Å². The van der Waals surface area contributed by atoms with Crippen molar-refractivity contribution in [2.75, 3.05) is 39.4 Å². The van der Waals surface area contributed by atoms with Crippen molar-refractivity contribution in [3.8, 4) is 0 Å². The van der Waals surface area contributed by atoms with Gasteiger partial charge >= 0.3 is 0 Å². The molecule has 1 atom stereocenters. The van der Waals surface area contributed by atoms with Crippen LogP contribution in [0, 0.1) is 5.92 Å². The molecule has 0 aromatic rings. The average molecular weight is 266 g/mol. The highest BCUT2D eigenvalue weighted by molar-refractivity contribution is 5.81. The molecule has 108 valence electrons. The second-order valence-electron chi connectivity index (χ2n) is 6.22. The third kappa shape index (κ3) is 3.48. The van der Waals surface area contributed by atoms with Crippen molar-refractivity contribution in [1.82, 2.24) is 9.80 Å². The summed E-state index contributed by atoms with van der Waals surface area (Å²) >= 11 is 0. The van der Waals surface area contributed by atoms with Gasteiger partial charge < -0.3 is 9.64 Å². The fourth-order valence-corrected chi connectivity index (χ4v) is 3.30. The van der Waals surface area contributed by atoms with Gasteiger partial charge in [-0.3, -0.25) is 9.69 Å². The molecule has 2 aliphatic heterocycles. The molecule has 0 aromatic carbocycles. The molecular formula is C15H26N2O2. The summed E-state index contributed by atoms with van der Waals surface area (Å²) in [5, 5.41) is 0. The molecule has 3 aliphatic rings. The monoisotopic (exact) mass is 266 g/mol. The van der Waals surface area contributed by atoms with Gasteiger partial charge in [0.1, 0.15) is 0 Å². The summed E-state index contributed by atoms with van der Waals surface area (Å²) < 4.78 is 5.41. The van der Waals surface area contributed by atoms with E-state index >= 15 is 0 Å². The number of hydrogen-bond donors (Lipinski definition) is 0. The lowest BCUT2D eigenvalue weighted by Gasteiger charge is -2.36. The fraction of sp³-hybridized carbons (Fsp3) is 0.933. The molecule has 3 rings (SSSR count). The van der Waals surface area contributed by atoms with Crippen LogP contribution in [0.15, 0.2) is 0 Å². The number of ether oxygens (including phenoxy) is 1. The lowest BCUT2D eigenvalue weighted by atomic mass is 10.1. The van der Waals surface area contributed by atoms with Crippen LogP contribution in [0.3, 0.4) is 0 Å². The van der Waals surface area contributed by atoms with Crippen LogP contribution >= 0.6 is 0 Å². The van der Waals surface area contributed by atoms with Gasteiger partial charge in [-0.05, 0) is 25.7 Å². The number of morpholine rings is 1. The van der Waals surface area contributed by atoms with Crippen LogP contribution in [-0.4, -0.2) is 61.1 Å². The minimum atomic E-state index is 0.366. The summed E-state index contributed by atoms with van der Waals surface area (Å²) in [4.78, 5) is 17.1. The van der Waals surface area contributed by atoms with Crippen molar-refractivity contribution in [1.29, 1.82) is 0 Å². The van der Waals surface area contributed by atoms with Crippen molar-refractivity contribution < 1.29 is 9.53 Å². The number of amides is 1.